The van der Waals surface area contributed by atoms with E-state index in [2.05, 4.69) is 0 Å². The molecule has 2 aromatic carbocycles. The van der Waals surface area contributed by atoms with Crippen LogP contribution in [0.4, 0.5) is 0 Å². The van der Waals surface area contributed by atoms with E-state index in [-0.39, 0.29) is 0 Å². The van der Waals surface area contributed by atoms with Gasteiger partial charge in [0.05, 0.1) is 19.9 Å². The molecule has 32 heavy (non-hydrogen) atoms. The molecule has 162 valence electrons. The molecule has 5 rings (SSSR count). The first kappa shape index (κ1) is 20.2. The molecule has 6 nitrogen and oxygen atoms in total. The number of hydrogen-bond acceptors (Lipinski definition) is 5. The predicted molar refractivity (Wildman–Crippen MR) is 123 cm³/mol. The van der Waals surface area contributed by atoms with Crippen LogP contribution in [-0.4, -0.2) is 29.9 Å². The van der Waals surface area contributed by atoms with Crippen LogP contribution in [-0.2, 0) is 13.0 Å². The van der Waals surface area contributed by atoms with Gasteiger partial charge in [0.15, 0.2) is 11.5 Å². The van der Waals surface area contributed by atoms with E-state index in [1.165, 1.54) is 0 Å². The maximum Gasteiger partial charge on any atom is 0.352 e. The lowest BCUT2D eigenvalue weighted by molar-refractivity contribution is 0.0685. The number of nitrogens with zero attached hydrogens (tertiary/aromatic N) is 1. The standard InChI is InChI=1S/C25H21NO5S/c1-29-16-5-3-6-17(12-16)31-22-14-18-15(11-21(22)30-2)8-9-26-20(25(27)28)13-19(24(18)26)23-7-4-10-32-23/h3-7,10-14H,8-9H2,1-2H3,(H,27,28). The van der Waals surface area contributed by atoms with Gasteiger partial charge in [0, 0.05) is 28.6 Å². The molecule has 0 saturated carbocycles. The lowest BCUT2D eigenvalue weighted by atomic mass is 9.95. The molecule has 4 aromatic rings. The van der Waals surface area contributed by atoms with Crippen molar-refractivity contribution in [3.63, 3.8) is 0 Å². The van der Waals surface area contributed by atoms with Crippen molar-refractivity contribution in [1.82, 2.24) is 4.57 Å². The second kappa shape index (κ2) is 8.09. The Labute approximate surface area is 189 Å². The fraction of sp³-hybridized carbons (Fsp3) is 0.160. The van der Waals surface area contributed by atoms with Crippen LogP contribution in [0.2, 0.25) is 0 Å². The van der Waals surface area contributed by atoms with Gasteiger partial charge in [0.25, 0.3) is 0 Å². The number of thiophene rings is 1. The van der Waals surface area contributed by atoms with E-state index < -0.39 is 5.97 Å². The average Bonchev–Trinajstić information content (AvgIpc) is 3.46. The average molecular weight is 448 g/mol. The quantitative estimate of drug-likeness (QED) is 0.396. The monoisotopic (exact) mass is 447 g/mol. The Hall–Kier alpha value is -3.71. The summed E-state index contributed by atoms with van der Waals surface area (Å²) in [6, 6.07) is 17.1. The van der Waals surface area contributed by atoms with Gasteiger partial charge in [-0.3, -0.25) is 0 Å². The van der Waals surface area contributed by atoms with Crippen LogP contribution in [0.1, 0.15) is 16.1 Å². The molecule has 0 amide bonds. The number of carboxylic acid groups (broad SMARTS) is 1. The summed E-state index contributed by atoms with van der Waals surface area (Å²) in [5, 5.41) is 11.8. The zero-order chi connectivity index (χ0) is 22.2. The summed E-state index contributed by atoms with van der Waals surface area (Å²) in [5.74, 6) is 1.57. The summed E-state index contributed by atoms with van der Waals surface area (Å²) in [7, 11) is 3.23. The van der Waals surface area contributed by atoms with Gasteiger partial charge in [-0.25, -0.2) is 4.79 Å². The fourth-order valence-corrected chi connectivity index (χ4v) is 4.90. The maximum absolute atomic E-state index is 12.0. The minimum atomic E-state index is -0.932. The molecular weight excluding hydrogens is 426 g/mol. The first-order valence-electron chi connectivity index (χ1n) is 10.1. The second-order valence-corrected chi connectivity index (χ2v) is 8.36. The van der Waals surface area contributed by atoms with Crippen LogP contribution in [0, 0.1) is 0 Å². The number of hydrogen-bond donors (Lipinski definition) is 1. The molecule has 7 heteroatoms. The Kier molecular flexibility index (Phi) is 5.11. The highest BCUT2D eigenvalue weighted by molar-refractivity contribution is 7.13. The number of aryl methyl sites for hydroxylation is 1. The molecule has 3 heterocycles. The molecule has 0 aliphatic carbocycles. The van der Waals surface area contributed by atoms with Gasteiger partial charge in [0.2, 0.25) is 0 Å². The summed E-state index contributed by atoms with van der Waals surface area (Å²) in [4.78, 5) is 13.0. The van der Waals surface area contributed by atoms with Crippen LogP contribution in [0.3, 0.4) is 0 Å². The molecule has 1 aliphatic heterocycles. The Balaban J connectivity index is 1.68. The number of fused-ring (bicyclic) bond motifs is 3. The van der Waals surface area contributed by atoms with Crippen LogP contribution >= 0.6 is 11.3 Å². The van der Waals surface area contributed by atoms with Gasteiger partial charge >= 0.3 is 5.97 Å². The third-order valence-electron chi connectivity index (χ3n) is 5.62. The van der Waals surface area contributed by atoms with E-state index in [4.69, 9.17) is 14.2 Å². The van der Waals surface area contributed by atoms with Gasteiger partial charge in [-0.1, -0.05) is 12.1 Å². The van der Waals surface area contributed by atoms with Crippen molar-refractivity contribution in [2.24, 2.45) is 0 Å². The first-order chi connectivity index (χ1) is 15.6. The lowest BCUT2D eigenvalue weighted by Gasteiger charge is -2.24. The molecule has 0 atom stereocenters. The summed E-state index contributed by atoms with van der Waals surface area (Å²) in [6.45, 7) is 0.592. The Morgan fingerprint density at radius 1 is 0.969 bits per heavy atom. The Morgan fingerprint density at radius 3 is 2.53 bits per heavy atom. The highest BCUT2D eigenvalue weighted by atomic mass is 32.1. The van der Waals surface area contributed by atoms with Crippen LogP contribution < -0.4 is 14.2 Å². The number of benzene rings is 2. The van der Waals surface area contributed by atoms with E-state index in [0.717, 1.165) is 27.3 Å². The summed E-state index contributed by atoms with van der Waals surface area (Å²) >= 11 is 1.59. The summed E-state index contributed by atoms with van der Waals surface area (Å²) < 4.78 is 19.0. The number of aromatic nitrogens is 1. The largest absolute Gasteiger partial charge is 0.497 e. The van der Waals surface area contributed by atoms with Gasteiger partial charge in [-0.05, 0) is 53.8 Å². The summed E-state index contributed by atoms with van der Waals surface area (Å²) in [6.07, 6.45) is 0.705. The third-order valence-corrected chi connectivity index (χ3v) is 6.52. The molecule has 0 fully saturated rings. The number of carboxylic acids is 1. The van der Waals surface area contributed by atoms with E-state index in [1.807, 2.05) is 52.4 Å². The molecule has 0 bridgehead atoms. The molecule has 1 aliphatic rings. The minimum Gasteiger partial charge on any atom is -0.497 e. The van der Waals surface area contributed by atoms with Crippen LogP contribution in [0.5, 0.6) is 23.0 Å². The molecule has 0 unspecified atom stereocenters. The topological polar surface area (TPSA) is 69.9 Å². The third kappa shape index (κ3) is 3.40. The second-order valence-electron chi connectivity index (χ2n) is 7.42. The van der Waals surface area contributed by atoms with Gasteiger partial charge in [0.1, 0.15) is 17.2 Å². The first-order valence-corrected chi connectivity index (χ1v) is 11.0. The Bertz CT molecular complexity index is 1310. The van der Waals surface area contributed by atoms with E-state index in [9.17, 15) is 9.90 Å². The van der Waals surface area contributed by atoms with Gasteiger partial charge in [-0.15, -0.1) is 11.3 Å². The number of aromatic carboxylic acids is 1. The molecule has 2 aromatic heterocycles. The molecule has 1 N–H and O–H groups in total. The fourth-order valence-electron chi connectivity index (χ4n) is 4.16. The molecule has 0 radical (unpaired) electrons. The van der Waals surface area contributed by atoms with Crippen molar-refractivity contribution in [3.05, 3.63) is 71.2 Å². The van der Waals surface area contributed by atoms with Crippen molar-refractivity contribution in [3.8, 4) is 44.7 Å². The normalized spacial score (nSPS) is 12.1. The van der Waals surface area contributed by atoms with E-state index >= 15 is 0 Å². The van der Waals surface area contributed by atoms with Crippen molar-refractivity contribution >= 4 is 17.3 Å². The molecule has 0 spiro atoms. The minimum absolute atomic E-state index is 0.292. The number of carbonyl (C=O) groups is 1. The van der Waals surface area contributed by atoms with Crippen molar-refractivity contribution in [1.29, 1.82) is 0 Å². The highest BCUT2D eigenvalue weighted by Crippen LogP contribution is 2.46. The smallest absolute Gasteiger partial charge is 0.352 e. The van der Waals surface area contributed by atoms with Gasteiger partial charge in [-0.2, -0.15) is 0 Å². The van der Waals surface area contributed by atoms with Crippen molar-refractivity contribution in [2.45, 2.75) is 13.0 Å². The van der Waals surface area contributed by atoms with Crippen LogP contribution in [0.15, 0.2) is 60.0 Å². The number of rotatable bonds is 6. The molecule has 0 saturated heterocycles. The number of ether oxygens (including phenoxy) is 3. The Morgan fingerprint density at radius 2 is 1.81 bits per heavy atom. The van der Waals surface area contributed by atoms with E-state index in [1.54, 1.807) is 37.7 Å². The van der Waals surface area contributed by atoms with Gasteiger partial charge < -0.3 is 23.9 Å². The SMILES string of the molecule is COc1cccc(Oc2cc3c(cc2OC)CCn2c(C(=O)O)cc(-c4cccs4)c2-3)c1. The predicted octanol–water partition coefficient (Wildman–Crippen LogP) is 5.95. The lowest BCUT2D eigenvalue weighted by Crippen LogP contribution is -2.16. The number of methoxy groups -OCH3 is 2. The van der Waals surface area contributed by atoms with Crippen LogP contribution in [0.25, 0.3) is 21.7 Å². The van der Waals surface area contributed by atoms with E-state index in [0.29, 0.717) is 41.7 Å². The van der Waals surface area contributed by atoms with Crippen molar-refractivity contribution in [2.75, 3.05) is 14.2 Å². The summed E-state index contributed by atoms with van der Waals surface area (Å²) in [5.41, 5.74) is 4.14. The zero-order valence-corrected chi connectivity index (χ0v) is 18.4. The zero-order valence-electron chi connectivity index (χ0n) is 17.6. The van der Waals surface area contributed by atoms with Crippen molar-refractivity contribution < 1.29 is 24.1 Å². The highest BCUT2D eigenvalue weighted by Gasteiger charge is 2.28. The maximum atomic E-state index is 12.0. The molecular formula is C25H21NO5S.